The molecule has 5 heteroatoms. The largest absolute Gasteiger partial charge is 0.356 e. The van der Waals surface area contributed by atoms with Gasteiger partial charge in [-0.3, -0.25) is 4.79 Å². The molecule has 124 valence electrons. The Kier molecular flexibility index (Phi) is 3.97. The molecule has 2 aliphatic carbocycles. The molecule has 0 radical (unpaired) electrons. The number of anilines is 1. The zero-order chi connectivity index (χ0) is 16.5. The van der Waals surface area contributed by atoms with Crippen LogP contribution < -0.4 is 10.2 Å². The first kappa shape index (κ1) is 15.2. The lowest BCUT2D eigenvalue weighted by atomic mass is 9.92. The summed E-state index contributed by atoms with van der Waals surface area (Å²) in [5.74, 6) is 2.46. The van der Waals surface area contributed by atoms with E-state index in [1.54, 1.807) is 12.3 Å². The van der Waals surface area contributed by atoms with Crippen LogP contribution in [-0.4, -0.2) is 30.0 Å². The van der Waals surface area contributed by atoms with Gasteiger partial charge in [-0.25, -0.2) is 4.98 Å². The molecule has 3 aliphatic rings. The van der Waals surface area contributed by atoms with Crippen molar-refractivity contribution >= 4 is 11.7 Å². The van der Waals surface area contributed by atoms with E-state index in [0.717, 1.165) is 38.2 Å². The van der Waals surface area contributed by atoms with Crippen LogP contribution in [0.15, 0.2) is 30.5 Å². The van der Waals surface area contributed by atoms with Gasteiger partial charge in [0, 0.05) is 31.2 Å². The van der Waals surface area contributed by atoms with Gasteiger partial charge in [-0.2, -0.15) is 5.26 Å². The van der Waals surface area contributed by atoms with E-state index in [-0.39, 0.29) is 17.9 Å². The van der Waals surface area contributed by atoms with Gasteiger partial charge in [0.15, 0.2) is 0 Å². The van der Waals surface area contributed by atoms with Crippen LogP contribution in [-0.2, 0) is 4.79 Å². The zero-order valence-corrected chi connectivity index (χ0v) is 13.7. The number of carbonyl (C=O) groups is 1. The number of hydrogen-bond acceptors (Lipinski definition) is 4. The lowest BCUT2D eigenvalue weighted by molar-refractivity contribution is -0.126. The lowest BCUT2D eigenvalue weighted by Crippen LogP contribution is -2.47. The highest BCUT2D eigenvalue weighted by atomic mass is 16.2. The number of amides is 1. The van der Waals surface area contributed by atoms with E-state index in [1.165, 1.54) is 6.42 Å². The average molecular weight is 322 g/mol. The van der Waals surface area contributed by atoms with Crippen LogP contribution in [0.25, 0.3) is 0 Å². The number of piperidine rings is 1. The number of nitriles is 1. The van der Waals surface area contributed by atoms with Gasteiger partial charge in [0.1, 0.15) is 11.9 Å². The molecule has 5 nitrogen and oxygen atoms in total. The van der Waals surface area contributed by atoms with Crippen molar-refractivity contribution in [3.8, 4) is 6.07 Å². The first-order valence-electron chi connectivity index (χ1n) is 8.83. The molecule has 1 saturated heterocycles. The Labute approximate surface area is 142 Å². The highest BCUT2D eigenvalue weighted by Gasteiger charge is 2.40. The Balaban J connectivity index is 1.29. The Morgan fingerprint density at radius 3 is 2.67 bits per heavy atom. The Morgan fingerprint density at radius 1 is 1.25 bits per heavy atom. The summed E-state index contributed by atoms with van der Waals surface area (Å²) in [6.45, 7) is 1.78. The number of carbonyl (C=O) groups excluding carboxylic acids is 1. The third kappa shape index (κ3) is 2.89. The molecule has 2 bridgehead atoms. The van der Waals surface area contributed by atoms with Gasteiger partial charge in [-0.05, 0) is 49.7 Å². The molecule has 1 amide bonds. The first-order chi connectivity index (χ1) is 11.7. The molecule has 1 N–H and O–H groups in total. The van der Waals surface area contributed by atoms with Crippen molar-refractivity contribution < 1.29 is 4.79 Å². The number of rotatable bonds is 3. The monoisotopic (exact) mass is 322 g/mol. The molecule has 1 aliphatic heterocycles. The lowest BCUT2D eigenvalue weighted by Gasteiger charge is -2.34. The molecule has 3 unspecified atom stereocenters. The molecule has 4 rings (SSSR count). The Morgan fingerprint density at radius 2 is 2.08 bits per heavy atom. The topological polar surface area (TPSA) is 69.0 Å². The highest BCUT2D eigenvalue weighted by Crippen LogP contribution is 2.43. The minimum atomic E-state index is 0.193. The van der Waals surface area contributed by atoms with Crippen molar-refractivity contribution in [3.63, 3.8) is 0 Å². The smallest absolute Gasteiger partial charge is 0.223 e. The molecule has 2 fully saturated rings. The van der Waals surface area contributed by atoms with Crippen molar-refractivity contribution in [3.05, 3.63) is 36.0 Å². The number of allylic oxidation sites excluding steroid dienone is 2. The van der Waals surface area contributed by atoms with E-state index in [9.17, 15) is 4.79 Å². The summed E-state index contributed by atoms with van der Waals surface area (Å²) in [5.41, 5.74) is 0.584. The highest BCUT2D eigenvalue weighted by molar-refractivity contribution is 5.80. The van der Waals surface area contributed by atoms with Crippen molar-refractivity contribution in [2.45, 2.75) is 31.7 Å². The molecule has 24 heavy (non-hydrogen) atoms. The fourth-order valence-electron chi connectivity index (χ4n) is 4.28. The second kappa shape index (κ2) is 6.27. The van der Waals surface area contributed by atoms with Gasteiger partial charge in [0.05, 0.1) is 5.56 Å². The van der Waals surface area contributed by atoms with Gasteiger partial charge in [0.25, 0.3) is 0 Å². The second-order valence-corrected chi connectivity index (χ2v) is 7.17. The summed E-state index contributed by atoms with van der Waals surface area (Å²) in [6.07, 6.45) is 10.2. The van der Waals surface area contributed by atoms with Crippen molar-refractivity contribution in [2.24, 2.45) is 17.8 Å². The average Bonchev–Trinajstić information content (AvgIpc) is 3.26. The van der Waals surface area contributed by atoms with Crippen LogP contribution in [0, 0.1) is 29.1 Å². The molecule has 1 aromatic heterocycles. The van der Waals surface area contributed by atoms with Gasteiger partial charge in [-0.1, -0.05) is 12.2 Å². The standard InChI is InChI=1S/C19H22N4O/c20-11-14-2-4-18(21-12-14)23-7-5-16(6-8-23)22-19(24)17-10-13-1-3-15(17)9-13/h1-4,12-13,15-17H,5-10H2,(H,22,24). The van der Waals surface area contributed by atoms with E-state index in [1.807, 2.05) is 6.07 Å². The molecule has 1 saturated carbocycles. The predicted octanol–water partition coefficient (Wildman–Crippen LogP) is 2.25. The quantitative estimate of drug-likeness (QED) is 0.867. The number of nitrogens with zero attached hydrogens (tertiary/aromatic N) is 3. The van der Waals surface area contributed by atoms with Crippen LogP contribution in [0.1, 0.15) is 31.2 Å². The summed E-state index contributed by atoms with van der Waals surface area (Å²) < 4.78 is 0. The zero-order valence-electron chi connectivity index (χ0n) is 13.7. The number of aromatic nitrogens is 1. The van der Waals surface area contributed by atoms with E-state index >= 15 is 0 Å². The van der Waals surface area contributed by atoms with Crippen molar-refractivity contribution in [1.29, 1.82) is 5.26 Å². The number of pyridine rings is 1. The van der Waals surface area contributed by atoms with Crippen LogP contribution >= 0.6 is 0 Å². The number of nitrogens with one attached hydrogen (secondary N) is 1. The predicted molar refractivity (Wildman–Crippen MR) is 91.2 cm³/mol. The van der Waals surface area contributed by atoms with E-state index in [4.69, 9.17) is 5.26 Å². The summed E-state index contributed by atoms with van der Waals surface area (Å²) in [5, 5.41) is 12.1. The van der Waals surface area contributed by atoms with Crippen LogP contribution in [0.5, 0.6) is 0 Å². The van der Waals surface area contributed by atoms with Crippen LogP contribution in [0.3, 0.4) is 0 Å². The summed E-state index contributed by atoms with van der Waals surface area (Å²) >= 11 is 0. The van der Waals surface area contributed by atoms with Gasteiger partial charge in [0.2, 0.25) is 5.91 Å². The second-order valence-electron chi connectivity index (χ2n) is 7.17. The summed E-state index contributed by atoms with van der Waals surface area (Å²) in [4.78, 5) is 19.1. The Hall–Kier alpha value is -2.35. The molecule has 2 heterocycles. The molecule has 3 atom stereocenters. The number of fused-ring (bicyclic) bond motifs is 2. The summed E-state index contributed by atoms with van der Waals surface area (Å²) in [7, 11) is 0. The van der Waals surface area contributed by atoms with Crippen LogP contribution in [0.2, 0.25) is 0 Å². The third-order valence-electron chi connectivity index (χ3n) is 5.66. The van der Waals surface area contributed by atoms with Crippen molar-refractivity contribution in [2.75, 3.05) is 18.0 Å². The van der Waals surface area contributed by atoms with Gasteiger partial charge in [-0.15, -0.1) is 0 Å². The van der Waals surface area contributed by atoms with Crippen molar-refractivity contribution in [1.82, 2.24) is 10.3 Å². The molecule has 0 spiro atoms. The minimum Gasteiger partial charge on any atom is -0.356 e. The van der Waals surface area contributed by atoms with E-state index < -0.39 is 0 Å². The van der Waals surface area contributed by atoms with E-state index in [0.29, 0.717) is 17.4 Å². The fourth-order valence-corrected chi connectivity index (χ4v) is 4.28. The maximum Gasteiger partial charge on any atom is 0.223 e. The molecule has 0 aromatic carbocycles. The SMILES string of the molecule is N#Cc1ccc(N2CCC(NC(=O)C3CC4C=CC3C4)CC2)nc1. The van der Waals surface area contributed by atoms with E-state index in [2.05, 4.69) is 33.4 Å². The van der Waals surface area contributed by atoms with Gasteiger partial charge >= 0.3 is 0 Å². The van der Waals surface area contributed by atoms with Gasteiger partial charge < -0.3 is 10.2 Å². The molecular formula is C19H22N4O. The molecular weight excluding hydrogens is 300 g/mol. The molecule has 1 aromatic rings. The fraction of sp³-hybridized carbons (Fsp3) is 0.526. The first-order valence-corrected chi connectivity index (χ1v) is 8.83. The maximum atomic E-state index is 12.5. The third-order valence-corrected chi connectivity index (χ3v) is 5.66. The minimum absolute atomic E-state index is 0.193. The maximum absolute atomic E-state index is 12.5. The summed E-state index contributed by atoms with van der Waals surface area (Å²) in [6, 6.07) is 6.07. The number of hydrogen-bond donors (Lipinski definition) is 1. The Bertz CT molecular complexity index is 682. The van der Waals surface area contributed by atoms with Crippen LogP contribution in [0.4, 0.5) is 5.82 Å². The normalized spacial score (nSPS) is 28.8.